The zero-order valence-corrected chi connectivity index (χ0v) is 8.85. The molecule has 1 unspecified atom stereocenters. The van der Waals surface area contributed by atoms with Crippen molar-refractivity contribution in [2.24, 2.45) is 5.92 Å². The highest BCUT2D eigenvalue weighted by molar-refractivity contribution is 5.43. The van der Waals surface area contributed by atoms with E-state index in [2.05, 4.69) is 5.32 Å². The number of nitro groups is 1. The molecule has 1 heterocycles. The second kappa shape index (κ2) is 4.49. The highest BCUT2D eigenvalue weighted by Gasteiger charge is 2.18. The molecule has 0 aromatic heterocycles. The van der Waals surface area contributed by atoms with Crippen molar-refractivity contribution in [3.05, 3.63) is 33.9 Å². The third kappa shape index (κ3) is 2.30. The Labute approximate surface area is 93.2 Å². The van der Waals surface area contributed by atoms with Crippen LogP contribution in [0.1, 0.15) is 12.0 Å². The fourth-order valence-electron chi connectivity index (χ4n) is 2.05. The number of phenolic OH excluding ortho intramolecular Hbond substituents is 1. The average molecular weight is 222 g/mol. The summed E-state index contributed by atoms with van der Waals surface area (Å²) in [5.74, 6) is 0.616. The van der Waals surface area contributed by atoms with Crippen LogP contribution in [0.4, 0.5) is 5.69 Å². The van der Waals surface area contributed by atoms with Crippen LogP contribution in [0.5, 0.6) is 5.75 Å². The van der Waals surface area contributed by atoms with E-state index in [1.54, 1.807) is 0 Å². The van der Waals surface area contributed by atoms with Crippen LogP contribution in [-0.2, 0) is 6.42 Å². The van der Waals surface area contributed by atoms with E-state index < -0.39 is 4.92 Å². The van der Waals surface area contributed by atoms with E-state index in [9.17, 15) is 15.2 Å². The van der Waals surface area contributed by atoms with Gasteiger partial charge < -0.3 is 10.4 Å². The molecule has 1 aromatic rings. The standard InChI is InChI=1S/C11H14N2O3/c14-11-2-1-10(13(15)16)6-9(11)5-8-3-4-12-7-8/h1-2,6,8,12,14H,3-5,7H2. The van der Waals surface area contributed by atoms with Gasteiger partial charge in [0.25, 0.3) is 5.69 Å². The summed E-state index contributed by atoms with van der Waals surface area (Å²) in [7, 11) is 0. The Bertz CT molecular complexity index is 400. The van der Waals surface area contributed by atoms with E-state index in [4.69, 9.17) is 0 Å². The normalized spacial score (nSPS) is 19.9. The van der Waals surface area contributed by atoms with E-state index in [-0.39, 0.29) is 11.4 Å². The number of hydrogen-bond donors (Lipinski definition) is 2. The van der Waals surface area contributed by atoms with Crippen LogP contribution < -0.4 is 5.32 Å². The van der Waals surface area contributed by atoms with Crippen molar-refractivity contribution in [2.75, 3.05) is 13.1 Å². The summed E-state index contributed by atoms with van der Waals surface area (Å²) < 4.78 is 0. The fourth-order valence-corrected chi connectivity index (χ4v) is 2.05. The number of hydrogen-bond acceptors (Lipinski definition) is 4. The van der Waals surface area contributed by atoms with E-state index in [0.717, 1.165) is 19.5 Å². The zero-order valence-electron chi connectivity index (χ0n) is 8.85. The molecule has 2 N–H and O–H groups in total. The first-order chi connectivity index (χ1) is 7.66. The molecule has 1 fully saturated rings. The first-order valence-electron chi connectivity index (χ1n) is 5.34. The average Bonchev–Trinajstić information content (AvgIpc) is 2.73. The number of phenols is 1. The summed E-state index contributed by atoms with van der Waals surface area (Å²) in [6.07, 6.45) is 1.75. The van der Waals surface area contributed by atoms with Gasteiger partial charge >= 0.3 is 0 Å². The number of nitrogens with zero attached hydrogens (tertiary/aromatic N) is 1. The molecule has 1 aromatic carbocycles. The molecule has 1 saturated heterocycles. The van der Waals surface area contributed by atoms with Crippen molar-refractivity contribution < 1.29 is 10.0 Å². The molecular weight excluding hydrogens is 208 g/mol. The molecule has 1 aliphatic rings. The minimum Gasteiger partial charge on any atom is -0.508 e. The molecule has 5 heteroatoms. The molecule has 2 rings (SSSR count). The lowest BCUT2D eigenvalue weighted by Crippen LogP contribution is -2.10. The summed E-state index contributed by atoms with van der Waals surface area (Å²) in [6, 6.07) is 4.19. The van der Waals surface area contributed by atoms with Crippen molar-refractivity contribution >= 4 is 5.69 Å². The van der Waals surface area contributed by atoms with Gasteiger partial charge in [0.05, 0.1) is 4.92 Å². The molecular formula is C11H14N2O3. The van der Waals surface area contributed by atoms with Crippen molar-refractivity contribution in [1.29, 1.82) is 0 Å². The van der Waals surface area contributed by atoms with Crippen molar-refractivity contribution in [2.45, 2.75) is 12.8 Å². The summed E-state index contributed by atoms with van der Waals surface area (Å²) in [4.78, 5) is 10.2. The monoisotopic (exact) mass is 222 g/mol. The van der Waals surface area contributed by atoms with Gasteiger partial charge in [-0.25, -0.2) is 0 Å². The second-order valence-electron chi connectivity index (χ2n) is 4.13. The Balaban J connectivity index is 2.17. The smallest absolute Gasteiger partial charge is 0.269 e. The minimum absolute atomic E-state index is 0.0405. The largest absolute Gasteiger partial charge is 0.508 e. The molecule has 0 bridgehead atoms. The van der Waals surface area contributed by atoms with Gasteiger partial charge in [-0.05, 0) is 37.9 Å². The Morgan fingerprint density at radius 3 is 3.00 bits per heavy atom. The van der Waals surface area contributed by atoms with Gasteiger partial charge in [0.2, 0.25) is 0 Å². The van der Waals surface area contributed by atoms with Gasteiger partial charge in [0.15, 0.2) is 0 Å². The van der Waals surface area contributed by atoms with Crippen LogP contribution in [0, 0.1) is 16.0 Å². The SMILES string of the molecule is O=[N+]([O-])c1ccc(O)c(CC2CCNC2)c1. The topological polar surface area (TPSA) is 75.4 Å². The van der Waals surface area contributed by atoms with Gasteiger partial charge in [-0.2, -0.15) is 0 Å². The van der Waals surface area contributed by atoms with Gasteiger partial charge in [0, 0.05) is 17.7 Å². The molecule has 16 heavy (non-hydrogen) atoms. The molecule has 0 saturated carbocycles. The van der Waals surface area contributed by atoms with Gasteiger partial charge in [0.1, 0.15) is 5.75 Å². The quantitative estimate of drug-likeness (QED) is 0.599. The van der Waals surface area contributed by atoms with Crippen LogP contribution in [-0.4, -0.2) is 23.1 Å². The number of nitrogens with one attached hydrogen (secondary N) is 1. The number of benzene rings is 1. The summed E-state index contributed by atoms with van der Waals surface area (Å²) in [5.41, 5.74) is 0.710. The van der Waals surface area contributed by atoms with E-state index >= 15 is 0 Å². The molecule has 0 spiro atoms. The lowest BCUT2D eigenvalue weighted by molar-refractivity contribution is -0.384. The van der Waals surface area contributed by atoms with Gasteiger partial charge in [-0.15, -0.1) is 0 Å². The molecule has 5 nitrogen and oxygen atoms in total. The molecule has 1 atom stereocenters. The van der Waals surface area contributed by atoms with Crippen molar-refractivity contribution in [1.82, 2.24) is 5.32 Å². The van der Waals surface area contributed by atoms with E-state index in [1.807, 2.05) is 0 Å². The van der Waals surface area contributed by atoms with Crippen LogP contribution in [0.2, 0.25) is 0 Å². The number of non-ortho nitro benzene ring substituents is 1. The fraction of sp³-hybridized carbons (Fsp3) is 0.455. The van der Waals surface area contributed by atoms with E-state index in [0.29, 0.717) is 17.9 Å². The van der Waals surface area contributed by atoms with Crippen LogP contribution >= 0.6 is 0 Å². The van der Waals surface area contributed by atoms with E-state index in [1.165, 1.54) is 18.2 Å². The first kappa shape index (κ1) is 10.9. The summed E-state index contributed by atoms with van der Waals surface area (Å²) >= 11 is 0. The molecule has 0 amide bonds. The Morgan fingerprint density at radius 2 is 2.38 bits per heavy atom. The van der Waals surface area contributed by atoms with Gasteiger partial charge in [-0.3, -0.25) is 10.1 Å². The lowest BCUT2D eigenvalue weighted by Gasteiger charge is -2.09. The van der Waals surface area contributed by atoms with Gasteiger partial charge in [-0.1, -0.05) is 0 Å². The second-order valence-corrected chi connectivity index (χ2v) is 4.13. The Kier molecular flexibility index (Phi) is 3.05. The zero-order chi connectivity index (χ0) is 11.5. The predicted molar refractivity (Wildman–Crippen MR) is 59.4 cm³/mol. The molecule has 1 aliphatic heterocycles. The Hall–Kier alpha value is -1.62. The third-order valence-electron chi connectivity index (χ3n) is 2.94. The maximum absolute atomic E-state index is 10.6. The molecule has 0 radical (unpaired) electrons. The lowest BCUT2D eigenvalue weighted by atomic mass is 9.97. The van der Waals surface area contributed by atoms with Crippen LogP contribution in [0.3, 0.4) is 0 Å². The Morgan fingerprint density at radius 1 is 1.56 bits per heavy atom. The summed E-state index contributed by atoms with van der Waals surface area (Å²) in [6.45, 7) is 1.91. The maximum Gasteiger partial charge on any atom is 0.269 e. The minimum atomic E-state index is -0.435. The molecule has 0 aliphatic carbocycles. The number of nitro benzene ring substituents is 1. The number of rotatable bonds is 3. The predicted octanol–water partition coefficient (Wildman–Crippen LogP) is 1.45. The highest BCUT2D eigenvalue weighted by Crippen LogP contribution is 2.26. The van der Waals surface area contributed by atoms with Crippen molar-refractivity contribution in [3.8, 4) is 5.75 Å². The van der Waals surface area contributed by atoms with Crippen molar-refractivity contribution in [3.63, 3.8) is 0 Å². The number of aromatic hydroxyl groups is 1. The summed E-state index contributed by atoms with van der Waals surface area (Å²) in [5, 5.41) is 23.5. The maximum atomic E-state index is 10.6. The highest BCUT2D eigenvalue weighted by atomic mass is 16.6. The van der Waals surface area contributed by atoms with Crippen LogP contribution in [0.15, 0.2) is 18.2 Å². The third-order valence-corrected chi connectivity index (χ3v) is 2.94. The first-order valence-corrected chi connectivity index (χ1v) is 5.34. The van der Waals surface area contributed by atoms with Crippen LogP contribution in [0.25, 0.3) is 0 Å². The molecule has 86 valence electrons.